The molecule has 0 aromatic heterocycles. The second-order valence-corrected chi connectivity index (χ2v) is 10.8. The van der Waals surface area contributed by atoms with Gasteiger partial charge < -0.3 is 19.5 Å². The third kappa shape index (κ3) is 4.51. The Morgan fingerprint density at radius 1 is 1.06 bits per heavy atom. The predicted octanol–water partition coefficient (Wildman–Crippen LogP) is 4.59. The van der Waals surface area contributed by atoms with Crippen LogP contribution in [0.1, 0.15) is 50.7 Å². The zero-order chi connectivity index (χ0) is 25.5. The summed E-state index contributed by atoms with van der Waals surface area (Å²) in [5.41, 5.74) is 2.77. The molecule has 2 aliphatic heterocycles. The molecular formula is C28H31N3O5. The van der Waals surface area contributed by atoms with Crippen LogP contribution < -0.4 is 5.32 Å². The SMILES string of the molecule is CC(C)(C)OC(=O)N1C2COCC1CC(C#N)(NC(=O)OCC1c3ccccc3-c3ccccc31)C2. The molecule has 36 heavy (non-hydrogen) atoms. The molecule has 1 aliphatic carbocycles. The zero-order valence-electron chi connectivity index (χ0n) is 20.8. The lowest BCUT2D eigenvalue weighted by atomic mass is 9.79. The number of amides is 2. The van der Waals surface area contributed by atoms with Crippen molar-refractivity contribution in [1.29, 1.82) is 5.26 Å². The van der Waals surface area contributed by atoms with Crippen molar-refractivity contribution in [1.82, 2.24) is 10.2 Å². The highest BCUT2D eigenvalue weighted by atomic mass is 16.6. The molecule has 2 aromatic carbocycles. The molecule has 2 amide bonds. The lowest BCUT2D eigenvalue weighted by Gasteiger charge is -2.50. The number of nitrogens with one attached hydrogen (secondary N) is 1. The summed E-state index contributed by atoms with van der Waals surface area (Å²) in [6.45, 7) is 6.19. The van der Waals surface area contributed by atoms with Crippen LogP contribution in [0.15, 0.2) is 48.5 Å². The van der Waals surface area contributed by atoms with Gasteiger partial charge in [0.15, 0.2) is 0 Å². The molecule has 2 fully saturated rings. The summed E-state index contributed by atoms with van der Waals surface area (Å²) in [7, 11) is 0. The fourth-order valence-electron chi connectivity index (χ4n) is 5.67. The molecule has 2 bridgehead atoms. The van der Waals surface area contributed by atoms with Crippen molar-refractivity contribution in [2.24, 2.45) is 0 Å². The Balaban J connectivity index is 1.27. The fraction of sp³-hybridized carbons (Fsp3) is 0.464. The maximum atomic E-state index is 13.0. The van der Waals surface area contributed by atoms with Crippen molar-refractivity contribution in [2.45, 2.75) is 62.8 Å². The number of benzene rings is 2. The number of morpholine rings is 1. The van der Waals surface area contributed by atoms with Gasteiger partial charge in [-0.25, -0.2) is 9.59 Å². The van der Waals surface area contributed by atoms with E-state index in [4.69, 9.17) is 14.2 Å². The van der Waals surface area contributed by atoms with Gasteiger partial charge in [-0.1, -0.05) is 48.5 Å². The van der Waals surface area contributed by atoms with Crippen molar-refractivity contribution in [3.63, 3.8) is 0 Å². The number of alkyl carbamates (subject to hydrolysis) is 1. The molecular weight excluding hydrogens is 458 g/mol. The second-order valence-electron chi connectivity index (χ2n) is 10.8. The van der Waals surface area contributed by atoms with E-state index in [-0.39, 0.29) is 50.7 Å². The summed E-state index contributed by atoms with van der Waals surface area (Å²) in [5, 5.41) is 12.9. The van der Waals surface area contributed by atoms with Crippen LogP contribution in [0.5, 0.6) is 0 Å². The quantitative estimate of drug-likeness (QED) is 0.677. The summed E-state index contributed by atoms with van der Waals surface area (Å²) in [5.74, 6) is -0.0667. The Labute approximate surface area is 211 Å². The van der Waals surface area contributed by atoms with Gasteiger partial charge in [-0.05, 0) is 43.0 Å². The first kappa shape index (κ1) is 24.1. The first-order chi connectivity index (χ1) is 17.2. The molecule has 2 atom stereocenters. The van der Waals surface area contributed by atoms with Crippen molar-refractivity contribution in [3.8, 4) is 17.2 Å². The van der Waals surface area contributed by atoms with E-state index in [1.807, 2.05) is 45.0 Å². The number of carbonyl (C=O) groups excluding carboxylic acids is 2. The number of hydrogen-bond donors (Lipinski definition) is 1. The van der Waals surface area contributed by atoms with Crippen LogP contribution in [-0.2, 0) is 14.2 Å². The van der Waals surface area contributed by atoms with Crippen LogP contribution >= 0.6 is 0 Å². The van der Waals surface area contributed by atoms with Crippen LogP contribution in [0.3, 0.4) is 0 Å². The van der Waals surface area contributed by atoms with E-state index in [0.717, 1.165) is 22.3 Å². The number of ether oxygens (including phenoxy) is 3. The summed E-state index contributed by atoms with van der Waals surface area (Å²) in [6.07, 6.45) is -0.580. The normalized spacial score (nSPS) is 24.8. The molecule has 1 N–H and O–H groups in total. The Morgan fingerprint density at radius 3 is 2.14 bits per heavy atom. The molecule has 2 aromatic rings. The van der Waals surface area contributed by atoms with Gasteiger partial charge in [-0.3, -0.25) is 4.90 Å². The number of rotatable bonds is 3. The van der Waals surface area contributed by atoms with Gasteiger partial charge in [0.1, 0.15) is 17.7 Å². The fourth-order valence-corrected chi connectivity index (χ4v) is 5.67. The van der Waals surface area contributed by atoms with Gasteiger partial charge in [-0.15, -0.1) is 0 Å². The molecule has 8 heteroatoms. The molecule has 2 heterocycles. The van der Waals surface area contributed by atoms with E-state index < -0.39 is 23.3 Å². The standard InChI is InChI=1S/C28H31N3O5/c1-27(2,3)36-26(33)31-18-12-28(17-29,13-19(31)15-34-14-18)30-25(32)35-16-24-22-10-6-4-8-20(22)21-9-5-7-11-23(21)24/h4-11,18-19,24H,12-16H2,1-3H3,(H,30,32). The van der Waals surface area contributed by atoms with Crippen molar-refractivity contribution in [2.75, 3.05) is 19.8 Å². The Kier molecular flexibility index (Phi) is 6.13. The van der Waals surface area contributed by atoms with Gasteiger partial charge in [0.05, 0.1) is 31.4 Å². The van der Waals surface area contributed by atoms with E-state index in [9.17, 15) is 14.9 Å². The minimum absolute atomic E-state index is 0.0667. The first-order valence-electron chi connectivity index (χ1n) is 12.3. The third-order valence-electron chi connectivity index (χ3n) is 7.08. The maximum absolute atomic E-state index is 13.0. The van der Waals surface area contributed by atoms with E-state index in [1.165, 1.54) is 0 Å². The van der Waals surface area contributed by atoms with Gasteiger partial charge in [0, 0.05) is 18.8 Å². The second kappa shape index (κ2) is 9.14. The summed E-state index contributed by atoms with van der Waals surface area (Å²) in [4.78, 5) is 27.5. The lowest BCUT2D eigenvalue weighted by Crippen LogP contribution is -2.67. The molecule has 2 unspecified atom stereocenters. The Hall–Kier alpha value is -3.57. The van der Waals surface area contributed by atoms with E-state index in [1.54, 1.807) is 4.90 Å². The summed E-state index contributed by atoms with van der Waals surface area (Å²) in [6, 6.07) is 17.8. The van der Waals surface area contributed by atoms with Gasteiger partial charge >= 0.3 is 12.2 Å². The molecule has 2 saturated heterocycles. The number of hydrogen-bond acceptors (Lipinski definition) is 6. The third-order valence-corrected chi connectivity index (χ3v) is 7.08. The zero-order valence-corrected chi connectivity index (χ0v) is 20.8. The average molecular weight is 490 g/mol. The number of fused-ring (bicyclic) bond motifs is 5. The minimum atomic E-state index is -1.15. The molecule has 3 aliphatic rings. The van der Waals surface area contributed by atoms with Crippen LogP contribution in [0.4, 0.5) is 9.59 Å². The van der Waals surface area contributed by atoms with Crippen LogP contribution in [0.2, 0.25) is 0 Å². The molecule has 0 saturated carbocycles. The molecule has 0 radical (unpaired) electrons. The minimum Gasteiger partial charge on any atom is -0.449 e. The van der Waals surface area contributed by atoms with Crippen molar-refractivity contribution >= 4 is 12.2 Å². The highest BCUT2D eigenvalue weighted by molar-refractivity contribution is 5.79. The van der Waals surface area contributed by atoms with E-state index in [2.05, 4.69) is 35.7 Å². The molecule has 188 valence electrons. The van der Waals surface area contributed by atoms with Crippen molar-refractivity contribution < 1.29 is 23.8 Å². The molecule has 5 rings (SSSR count). The highest BCUT2D eigenvalue weighted by Gasteiger charge is 2.51. The molecule has 0 spiro atoms. The van der Waals surface area contributed by atoms with E-state index >= 15 is 0 Å². The summed E-state index contributed by atoms with van der Waals surface area (Å²) >= 11 is 0. The van der Waals surface area contributed by atoms with Gasteiger partial charge in [-0.2, -0.15) is 5.26 Å². The smallest absolute Gasteiger partial charge is 0.410 e. The van der Waals surface area contributed by atoms with Crippen molar-refractivity contribution in [3.05, 3.63) is 59.7 Å². The predicted molar refractivity (Wildman–Crippen MR) is 132 cm³/mol. The topological polar surface area (TPSA) is 101 Å². The van der Waals surface area contributed by atoms with Crippen LogP contribution in [0.25, 0.3) is 11.1 Å². The molecule has 8 nitrogen and oxygen atoms in total. The van der Waals surface area contributed by atoms with Crippen LogP contribution in [0, 0.1) is 11.3 Å². The number of carbonyl (C=O) groups is 2. The number of nitrogens with zero attached hydrogens (tertiary/aromatic N) is 2. The average Bonchev–Trinajstić information content (AvgIpc) is 3.15. The Morgan fingerprint density at radius 2 is 1.61 bits per heavy atom. The Bertz CT molecular complexity index is 1150. The van der Waals surface area contributed by atoms with E-state index in [0.29, 0.717) is 0 Å². The first-order valence-corrected chi connectivity index (χ1v) is 12.3. The van der Waals surface area contributed by atoms with Gasteiger partial charge in [0.25, 0.3) is 0 Å². The maximum Gasteiger partial charge on any atom is 0.410 e. The van der Waals surface area contributed by atoms with Gasteiger partial charge in [0.2, 0.25) is 0 Å². The number of piperidine rings is 1. The van der Waals surface area contributed by atoms with Crippen LogP contribution in [-0.4, -0.2) is 60.1 Å². The highest BCUT2D eigenvalue weighted by Crippen LogP contribution is 2.44. The monoisotopic (exact) mass is 489 g/mol. The largest absolute Gasteiger partial charge is 0.449 e. The summed E-state index contributed by atoms with van der Waals surface area (Å²) < 4.78 is 16.9. The number of nitriles is 1. The lowest BCUT2D eigenvalue weighted by molar-refractivity contribution is -0.0909.